The highest BCUT2D eigenvalue weighted by atomic mass is 19.4. The van der Waals surface area contributed by atoms with Gasteiger partial charge in [-0.25, -0.2) is 0 Å². The summed E-state index contributed by atoms with van der Waals surface area (Å²) < 4.78 is 39.8. The van der Waals surface area contributed by atoms with Crippen molar-refractivity contribution >= 4 is 17.5 Å². The van der Waals surface area contributed by atoms with Crippen LogP contribution in [0.3, 0.4) is 0 Å². The van der Waals surface area contributed by atoms with Gasteiger partial charge in [0, 0.05) is 19.6 Å². The molecule has 31 heavy (non-hydrogen) atoms. The molecule has 0 bridgehead atoms. The second kappa shape index (κ2) is 8.70. The Labute approximate surface area is 178 Å². The van der Waals surface area contributed by atoms with Gasteiger partial charge >= 0.3 is 6.18 Å². The van der Waals surface area contributed by atoms with Gasteiger partial charge in [0.15, 0.2) is 0 Å². The summed E-state index contributed by atoms with van der Waals surface area (Å²) in [6, 6.07) is 12.2. The number of nitrogens with one attached hydrogen (secondary N) is 1. The van der Waals surface area contributed by atoms with Gasteiger partial charge < -0.3 is 10.2 Å². The molecule has 1 N–H and O–H groups in total. The molecule has 1 unspecified atom stereocenters. The van der Waals surface area contributed by atoms with Gasteiger partial charge in [0.05, 0.1) is 23.8 Å². The highest BCUT2D eigenvalue weighted by Crippen LogP contribution is 2.34. The SMILES string of the molecule is O=C(CN1Cc2ccccc2CC1C(=O)N1CCCC1)Nc1ccccc1C(F)(F)F. The zero-order valence-electron chi connectivity index (χ0n) is 17.0. The van der Waals surface area contributed by atoms with Crippen LogP contribution in [0.15, 0.2) is 48.5 Å². The number of carbonyl (C=O) groups is 2. The van der Waals surface area contributed by atoms with Crippen LogP contribution in [0.2, 0.25) is 0 Å². The van der Waals surface area contributed by atoms with E-state index in [1.54, 1.807) is 4.90 Å². The Morgan fingerprint density at radius 3 is 2.32 bits per heavy atom. The average molecular weight is 431 g/mol. The fourth-order valence-electron chi connectivity index (χ4n) is 4.35. The Morgan fingerprint density at radius 1 is 0.968 bits per heavy atom. The molecule has 1 saturated heterocycles. The molecule has 0 radical (unpaired) electrons. The highest BCUT2D eigenvalue weighted by molar-refractivity contribution is 5.94. The van der Waals surface area contributed by atoms with Gasteiger partial charge in [-0.2, -0.15) is 13.2 Å². The molecule has 2 amide bonds. The number of nitrogens with zero attached hydrogens (tertiary/aromatic N) is 2. The summed E-state index contributed by atoms with van der Waals surface area (Å²) in [4.78, 5) is 29.5. The molecule has 0 aliphatic carbocycles. The number of benzene rings is 2. The number of likely N-dealkylation sites (tertiary alicyclic amines) is 1. The smallest absolute Gasteiger partial charge is 0.341 e. The van der Waals surface area contributed by atoms with Crippen LogP contribution >= 0.6 is 0 Å². The van der Waals surface area contributed by atoms with E-state index in [4.69, 9.17) is 0 Å². The predicted molar refractivity (Wildman–Crippen MR) is 110 cm³/mol. The molecule has 0 spiro atoms. The van der Waals surface area contributed by atoms with E-state index < -0.39 is 23.7 Å². The molecular formula is C23H24F3N3O2. The lowest BCUT2D eigenvalue weighted by atomic mass is 9.93. The number of anilines is 1. The fraction of sp³-hybridized carbons (Fsp3) is 0.391. The van der Waals surface area contributed by atoms with Gasteiger partial charge in [0.25, 0.3) is 0 Å². The van der Waals surface area contributed by atoms with E-state index in [1.807, 2.05) is 29.2 Å². The van der Waals surface area contributed by atoms with Crippen LogP contribution in [0.5, 0.6) is 0 Å². The van der Waals surface area contributed by atoms with Crippen LogP contribution in [-0.2, 0) is 28.7 Å². The van der Waals surface area contributed by atoms with Crippen molar-refractivity contribution in [2.24, 2.45) is 0 Å². The first-order chi connectivity index (χ1) is 14.8. The number of alkyl halides is 3. The van der Waals surface area contributed by atoms with Crippen LogP contribution in [0.25, 0.3) is 0 Å². The molecule has 1 atom stereocenters. The molecule has 2 aromatic rings. The molecule has 2 aromatic carbocycles. The number of rotatable bonds is 4. The van der Waals surface area contributed by atoms with E-state index in [1.165, 1.54) is 18.2 Å². The van der Waals surface area contributed by atoms with Gasteiger partial charge in [0.2, 0.25) is 11.8 Å². The number of para-hydroxylation sites is 1. The number of hydrogen-bond donors (Lipinski definition) is 1. The van der Waals surface area contributed by atoms with Crippen LogP contribution in [0.1, 0.15) is 29.5 Å². The second-order valence-corrected chi connectivity index (χ2v) is 8.02. The summed E-state index contributed by atoms with van der Waals surface area (Å²) in [6.45, 7) is 1.64. The maximum atomic E-state index is 13.3. The van der Waals surface area contributed by atoms with E-state index in [9.17, 15) is 22.8 Å². The molecule has 4 rings (SSSR count). The van der Waals surface area contributed by atoms with Crippen molar-refractivity contribution in [3.05, 3.63) is 65.2 Å². The summed E-state index contributed by atoms with van der Waals surface area (Å²) in [7, 11) is 0. The Kier molecular flexibility index (Phi) is 6.00. The maximum absolute atomic E-state index is 13.3. The Hall–Kier alpha value is -2.87. The molecule has 2 aliphatic heterocycles. The summed E-state index contributed by atoms with van der Waals surface area (Å²) in [5, 5.41) is 2.39. The van der Waals surface area contributed by atoms with Crippen molar-refractivity contribution in [1.29, 1.82) is 0 Å². The van der Waals surface area contributed by atoms with Crippen molar-refractivity contribution in [3.8, 4) is 0 Å². The normalized spacial score (nSPS) is 19.2. The summed E-state index contributed by atoms with van der Waals surface area (Å²) in [5.74, 6) is -0.592. The topological polar surface area (TPSA) is 52.7 Å². The highest BCUT2D eigenvalue weighted by Gasteiger charge is 2.37. The lowest BCUT2D eigenvalue weighted by Crippen LogP contribution is -2.53. The van der Waals surface area contributed by atoms with Crippen molar-refractivity contribution in [2.75, 3.05) is 25.0 Å². The van der Waals surface area contributed by atoms with Gasteiger partial charge in [-0.1, -0.05) is 36.4 Å². The van der Waals surface area contributed by atoms with Crippen molar-refractivity contribution < 1.29 is 22.8 Å². The first-order valence-corrected chi connectivity index (χ1v) is 10.4. The summed E-state index contributed by atoms with van der Waals surface area (Å²) >= 11 is 0. The zero-order valence-corrected chi connectivity index (χ0v) is 17.0. The third-order valence-corrected chi connectivity index (χ3v) is 5.90. The van der Waals surface area contributed by atoms with Gasteiger partial charge in [-0.3, -0.25) is 14.5 Å². The first kappa shape index (κ1) is 21.4. The number of carbonyl (C=O) groups excluding carboxylic acids is 2. The molecule has 1 fully saturated rings. The van der Waals surface area contributed by atoms with E-state index in [2.05, 4.69) is 5.32 Å². The van der Waals surface area contributed by atoms with E-state index in [0.29, 0.717) is 26.1 Å². The second-order valence-electron chi connectivity index (χ2n) is 8.02. The van der Waals surface area contributed by atoms with E-state index in [0.717, 1.165) is 30.0 Å². The lowest BCUT2D eigenvalue weighted by molar-refractivity contribution is -0.137. The van der Waals surface area contributed by atoms with Crippen LogP contribution in [0.4, 0.5) is 18.9 Å². The number of amides is 2. The third kappa shape index (κ3) is 4.74. The molecule has 5 nitrogen and oxygen atoms in total. The quantitative estimate of drug-likeness (QED) is 0.804. The van der Waals surface area contributed by atoms with Crippen molar-refractivity contribution in [3.63, 3.8) is 0 Å². The minimum absolute atomic E-state index is 0.0181. The van der Waals surface area contributed by atoms with Crippen molar-refractivity contribution in [2.45, 2.75) is 38.0 Å². The van der Waals surface area contributed by atoms with Crippen LogP contribution < -0.4 is 5.32 Å². The monoisotopic (exact) mass is 431 g/mol. The van der Waals surface area contributed by atoms with Gasteiger partial charge in [-0.15, -0.1) is 0 Å². The molecule has 2 heterocycles. The number of fused-ring (bicyclic) bond motifs is 1. The molecule has 164 valence electrons. The standard InChI is InChI=1S/C23H24F3N3O2/c24-23(25,26)18-9-3-4-10-19(18)27-21(30)15-29-14-17-8-2-1-7-16(17)13-20(29)22(31)28-11-5-6-12-28/h1-4,7-10,20H,5-6,11-15H2,(H,27,30). The molecular weight excluding hydrogens is 407 g/mol. The number of hydrogen-bond acceptors (Lipinski definition) is 3. The Bertz CT molecular complexity index is 971. The molecule has 0 aromatic heterocycles. The minimum Gasteiger partial charge on any atom is -0.341 e. The number of halogens is 3. The first-order valence-electron chi connectivity index (χ1n) is 10.4. The van der Waals surface area contributed by atoms with E-state index in [-0.39, 0.29) is 18.1 Å². The minimum atomic E-state index is -4.57. The van der Waals surface area contributed by atoms with Gasteiger partial charge in [0.1, 0.15) is 0 Å². The zero-order chi connectivity index (χ0) is 22.0. The van der Waals surface area contributed by atoms with E-state index >= 15 is 0 Å². The Balaban J connectivity index is 1.53. The van der Waals surface area contributed by atoms with Crippen LogP contribution in [0, 0.1) is 0 Å². The molecule has 2 aliphatic rings. The summed E-state index contributed by atoms with van der Waals surface area (Å²) in [6.07, 6.45) is -2.16. The third-order valence-electron chi connectivity index (χ3n) is 5.90. The predicted octanol–water partition coefficient (Wildman–Crippen LogP) is 3.69. The van der Waals surface area contributed by atoms with Crippen LogP contribution in [-0.4, -0.2) is 47.3 Å². The largest absolute Gasteiger partial charge is 0.418 e. The average Bonchev–Trinajstić information content (AvgIpc) is 3.27. The van der Waals surface area contributed by atoms with Gasteiger partial charge in [-0.05, 0) is 42.5 Å². The fourth-order valence-corrected chi connectivity index (χ4v) is 4.35. The molecule has 0 saturated carbocycles. The lowest BCUT2D eigenvalue weighted by Gasteiger charge is -2.37. The Morgan fingerprint density at radius 2 is 1.61 bits per heavy atom. The summed E-state index contributed by atoms with van der Waals surface area (Å²) in [5.41, 5.74) is 0.924. The van der Waals surface area contributed by atoms with Crippen molar-refractivity contribution in [1.82, 2.24) is 9.80 Å². The molecule has 8 heteroatoms. The maximum Gasteiger partial charge on any atom is 0.418 e.